The fourth-order valence-corrected chi connectivity index (χ4v) is 7.21. The molecule has 6 rings (SSSR count). The van der Waals surface area contributed by atoms with Gasteiger partial charge < -0.3 is 5.11 Å². The van der Waals surface area contributed by atoms with Crippen LogP contribution in [0.1, 0.15) is 51.6 Å². The summed E-state index contributed by atoms with van der Waals surface area (Å²) in [4.78, 5) is 54.4. The first-order chi connectivity index (χ1) is 17.4. The molecule has 1 aromatic heterocycles. The van der Waals surface area contributed by atoms with Gasteiger partial charge in [-0.15, -0.1) is 0 Å². The Balaban J connectivity index is 1.74. The highest BCUT2D eigenvalue weighted by Crippen LogP contribution is 2.66. The van der Waals surface area contributed by atoms with E-state index < -0.39 is 34.2 Å². The zero-order valence-electron chi connectivity index (χ0n) is 21.5. The fourth-order valence-electron chi connectivity index (χ4n) is 7.21. The van der Waals surface area contributed by atoms with Crippen LogP contribution in [0, 0.1) is 10.8 Å². The topological polar surface area (TPSA) is 103 Å². The van der Waals surface area contributed by atoms with E-state index in [4.69, 9.17) is 0 Å². The summed E-state index contributed by atoms with van der Waals surface area (Å²) in [5, 5.41) is 12.0. The SMILES string of the molecule is CC1=C(C)C(=O)[C@@]2(C)[C@@H](c3ccc(O)c4ccccc34)C3=CCn4c(=O)n(C)c(=O)n4[C@@H]3C[C@@]2(C)C1=O. The van der Waals surface area contributed by atoms with Crippen LogP contribution in [0.15, 0.2) is 68.8 Å². The van der Waals surface area contributed by atoms with E-state index in [-0.39, 0.29) is 30.3 Å². The Kier molecular flexibility index (Phi) is 4.63. The normalized spacial score (nSPS) is 29.2. The van der Waals surface area contributed by atoms with Crippen LogP contribution < -0.4 is 11.4 Å². The molecule has 4 atom stereocenters. The molecular formula is C29H29N3O5. The molecular weight excluding hydrogens is 470 g/mol. The number of ketones is 2. The van der Waals surface area contributed by atoms with Gasteiger partial charge in [-0.05, 0) is 54.0 Å². The molecule has 8 nitrogen and oxygen atoms in total. The van der Waals surface area contributed by atoms with Gasteiger partial charge in [-0.25, -0.2) is 23.5 Å². The van der Waals surface area contributed by atoms with Crippen molar-refractivity contribution in [1.29, 1.82) is 0 Å². The summed E-state index contributed by atoms with van der Waals surface area (Å²) in [6.07, 6.45) is 2.17. The third kappa shape index (κ3) is 2.62. The lowest BCUT2D eigenvalue weighted by Crippen LogP contribution is -2.61. The first kappa shape index (κ1) is 23.5. The average molecular weight is 500 g/mol. The van der Waals surface area contributed by atoms with E-state index in [0.717, 1.165) is 21.1 Å². The van der Waals surface area contributed by atoms with Gasteiger partial charge in [0.1, 0.15) is 5.75 Å². The van der Waals surface area contributed by atoms with E-state index in [1.807, 2.05) is 50.3 Å². The summed E-state index contributed by atoms with van der Waals surface area (Å²) in [7, 11) is 1.45. The minimum atomic E-state index is -1.14. The van der Waals surface area contributed by atoms with Crippen molar-refractivity contribution in [3.63, 3.8) is 0 Å². The largest absolute Gasteiger partial charge is 0.507 e. The summed E-state index contributed by atoms with van der Waals surface area (Å²) >= 11 is 0. The van der Waals surface area contributed by atoms with E-state index in [2.05, 4.69) is 0 Å². The molecule has 2 aliphatic carbocycles. The molecule has 0 bridgehead atoms. The number of allylic oxidation sites excluding steroid dienone is 4. The number of hydrogen-bond donors (Lipinski definition) is 1. The molecule has 1 fully saturated rings. The summed E-state index contributed by atoms with van der Waals surface area (Å²) in [6.45, 7) is 7.31. The summed E-state index contributed by atoms with van der Waals surface area (Å²) in [6, 6.07) is 10.3. The predicted octanol–water partition coefficient (Wildman–Crippen LogP) is 3.38. The third-order valence-corrected chi connectivity index (χ3v) is 9.55. The van der Waals surface area contributed by atoms with E-state index in [1.165, 1.54) is 16.4 Å². The van der Waals surface area contributed by atoms with Crippen LogP contribution in [0.2, 0.25) is 0 Å². The van der Waals surface area contributed by atoms with Gasteiger partial charge in [-0.1, -0.05) is 50.3 Å². The maximum Gasteiger partial charge on any atom is 0.347 e. The van der Waals surface area contributed by atoms with Crippen molar-refractivity contribution in [3.8, 4) is 5.75 Å². The van der Waals surface area contributed by atoms with Crippen LogP contribution in [0.4, 0.5) is 0 Å². The minimum absolute atomic E-state index is 0.0861. The van der Waals surface area contributed by atoms with Crippen molar-refractivity contribution in [2.75, 3.05) is 0 Å². The number of phenolic OH excluding ortho intramolecular Hbond substituents is 1. The lowest BCUT2D eigenvalue weighted by molar-refractivity contribution is -0.150. The van der Waals surface area contributed by atoms with Gasteiger partial charge in [0.2, 0.25) is 0 Å². The van der Waals surface area contributed by atoms with Gasteiger partial charge in [0.05, 0.1) is 18.0 Å². The molecule has 190 valence electrons. The number of phenols is 1. The Hall–Kier alpha value is -3.94. The van der Waals surface area contributed by atoms with Crippen LogP contribution in [0.25, 0.3) is 10.8 Å². The molecule has 0 unspecified atom stereocenters. The van der Waals surface area contributed by atoms with E-state index >= 15 is 0 Å². The predicted molar refractivity (Wildman–Crippen MR) is 139 cm³/mol. The number of carbonyl (C=O) groups is 2. The monoisotopic (exact) mass is 499 g/mol. The highest BCUT2D eigenvalue weighted by molar-refractivity contribution is 6.17. The number of fused-ring (bicyclic) bond motifs is 5. The molecule has 37 heavy (non-hydrogen) atoms. The summed E-state index contributed by atoms with van der Waals surface area (Å²) in [5.41, 5.74) is -0.572. The molecule has 2 aromatic carbocycles. The number of aromatic nitrogens is 3. The summed E-state index contributed by atoms with van der Waals surface area (Å²) < 4.78 is 3.97. The molecule has 0 spiro atoms. The lowest BCUT2D eigenvalue weighted by Gasteiger charge is -2.58. The van der Waals surface area contributed by atoms with Crippen molar-refractivity contribution in [2.45, 2.75) is 52.6 Å². The Morgan fingerprint density at radius 2 is 1.54 bits per heavy atom. The standard InChI is InChI=1S/C29H29N3O5/c1-15-16(2)25(35)29(4)23(19-10-11-22(33)18-9-7-6-8-17(18)19)20-12-13-31-26(36)30(5)27(37)32(31)21(20)14-28(29,3)24(15)34/h6-12,21,23,33H,13-14H2,1-5H3/t21-,23+,28+,29-/m1/s1. The number of benzene rings is 2. The second kappa shape index (κ2) is 7.31. The number of rotatable bonds is 1. The average Bonchev–Trinajstić information content (AvgIpc) is 3.12. The van der Waals surface area contributed by atoms with Crippen molar-refractivity contribution in [3.05, 3.63) is 85.7 Å². The molecule has 3 aromatic rings. The first-order valence-electron chi connectivity index (χ1n) is 12.5. The maximum atomic E-state index is 14.3. The van der Waals surface area contributed by atoms with E-state index in [9.17, 15) is 24.3 Å². The zero-order chi connectivity index (χ0) is 26.6. The Bertz CT molecular complexity index is 1750. The van der Waals surface area contributed by atoms with Gasteiger partial charge in [-0.3, -0.25) is 9.59 Å². The summed E-state index contributed by atoms with van der Waals surface area (Å²) in [5.74, 6) is -0.625. The smallest absolute Gasteiger partial charge is 0.347 e. The molecule has 0 radical (unpaired) electrons. The molecule has 8 heteroatoms. The molecule has 0 amide bonds. The highest BCUT2D eigenvalue weighted by atomic mass is 16.3. The Labute approximate surface area is 213 Å². The lowest BCUT2D eigenvalue weighted by atomic mass is 9.43. The second-order valence-electron chi connectivity index (χ2n) is 11.1. The molecule has 0 saturated heterocycles. The van der Waals surface area contributed by atoms with Crippen molar-refractivity contribution < 1.29 is 14.7 Å². The molecule has 1 aliphatic heterocycles. The Morgan fingerprint density at radius 1 is 0.892 bits per heavy atom. The van der Waals surface area contributed by atoms with Gasteiger partial charge in [-0.2, -0.15) is 0 Å². The maximum absolute atomic E-state index is 14.3. The van der Waals surface area contributed by atoms with Crippen LogP contribution in [0.5, 0.6) is 5.75 Å². The fraction of sp³-hybridized carbons (Fsp3) is 0.379. The number of nitrogens with zero attached hydrogens (tertiary/aromatic N) is 3. The van der Waals surface area contributed by atoms with Gasteiger partial charge in [0.25, 0.3) is 0 Å². The number of carbonyl (C=O) groups excluding carboxylic acids is 2. The van der Waals surface area contributed by atoms with Crippen LogP contribution >= 0.6 is 0 Å². The quantitative estimate of drug-likeness (QED) is 0.517. The van der Waals surface area contributed by atoms with Crippen molar-refractivity contribution in [2.24, 2.45) is 17.9 Å². The molecule has 3 aliphatic rings. The first-order valence-corrected chi connectivity index (χ1v) is 12.5. The van der Waals surface area contributed by atoms with E-state index in [1.54, 1.807) is 19.9 Å². The Morgan fingerprint density at radius 3 is 2.24 bits per heavy atom. The number of Topliss-reactive ketones (excluding diaryl/α,β-unsaturated/α-hetero) is 2. The molecule has 2 heterocycles. The van der Waals surface area contributed by atoms with Crippen LogP contribution in [-0.2, 0) is 23.2 Å². The second-order valence-corrected chi connectivity index (χ2v) is 11.1. The van der Waals surface area contributed by atoms with Crippen molar-refractivity contribution >= 4 is 22.3 Å². The molecule has 1 saturated carbocycles. The minimum Gasteiger partial charge on any atom is -0.507 e. The van der Waals surface area contributed by atoms with E-state index in [0.29, 0.717) is 16.5 Å². The van der Waals surface area contributed by atoms with Gasteiger partial charge in [0, 0.05) is 23.8 Å². The van der Waals surface area contributed by atoms with Gasteiger partial charge >= 0.3 is 11.4 Å². The highest BCUT2D eigenvalue weighted by Gasteiger charge is 2.66. The number of aromatic hydroxyl groups is 1. The number of hydrogen-bond acceptors (Lipinski definition) is 5. The molecule has 1 N–H and O–H groups in total. The van der Waals surface area contributed by atoms with Crippen LogP contribution in [0.3, 0.4) is 0 Å². The van der Waals surface area contributed by atoms with Crippen LogP contribution in [-0.4, -0.2) is 30.6 Å². The zero-order valence-corrected chi connectivity index (χ0v) is 21.5. The third-order valence-electron chi connectivity index (χ3n) is 9.55. The van der Waals surface area contributed by atoms with Crippen molar-refractivity contribution in [1.82, 2.24) is 13.9 Å². The van der Waals surface area contributed by atoms with Gasteiger partial charge in [0.15, 0.2) is 11.6 Å².